The van der Waals surface area contributed by atoms with Gasteiger partial charge in [0.2, 0.25) is 0 Å². The van der Waals surface area contributed by atoms with E-state index in [-0.39, 0.29) is 0 Å². The Bertz CT molecular complexity index is 977. The van der Waals surface area contributed by atoms with Gasteiger partial charge in [0.25, 0.3) is 0 Å². The van der Waals surface area contributed by atoms with Crippen LogP contribution in [0.5, 0.6) is 0 Å². The predicted octanol–water partition coefficient (Wildman–Crippen LogP) is 3.93. The first-order valence-corrected chi connectivity index (χ1v) is 8.99. The summed E-state index contributed by atoms with van der Waals surface area (Å²) in [6.45, 7) is 1.43. The zero-order valence-corrected chi connectivity index (χ0v) is 15.8. The van der Waals surface area contributed by atoms with Gasteiger partial charge in [-0.15, -0.1) is 0 Å². The average Bonchev–Trinajstić information content (AvgIpc) is 3.26. The zero-order chi connectivity index (χ0) is 20.4. The van der Waals surface area contributed by atoms with Gasteiger partial charge < -0.3 is 21.0 Å². The third kappa shape index (κ3) is 4.96. The summed E-state index contributed by atoms with van der Waals surface area (Å²) in [5.41, 5.74) is 16.2. The van der Waals surface area contributed by atoms with Gasteiger partial charge in [0.15, 0.2) is 0 Å². The molecule has 0 amide bonds. The number of H-pyrrole nitrogens is 1. The number of fused-ring (bicyclic) bond motifs is 2. The number of hydrogen-bond acceptors (Lipinski definition) is 2. The molecule has 0 saturated carbocycles. The molecule has 0 aliphatic rings. The lowest BCUT2D eigenvalue weighted by Crippen LogP contribution is -2.01. The summed E-state index contributed by atoms with van der Waals surface area (Å²) in [7, 11) is 1.07. The normalized spacial score (nSPS) is 10.7. The molecular weight excluding hydrogens is 339 g/mol. The molecule has 0 saturated heterocycles. The number of benzene rings is 2. The summed E-state index contributed by atoms with van der Waals surface area (Å²) >= 11 is 0. The molecule has 4 nitrogen and oxygen atoms in total. The summed E-state index contributed by atoms with van der Waals surface area (Å²) in [6.07, 6.45) is 6.11. The second kappa shape index (κ2) is 10.5. The Labute approximate surface area is 161 Å². The Morgan fingerprint density at radius 3 is 2.26 bits per heavy atom. The summed E-state index contributed by atoms with van der Waals surface area (Å²) in [5, 5.41) is 2.62. The molecule has 0 spiro atoms. The summed E-state index contributed by atoms with van der Waals surface area (Å²) < 4.78 is 17.7. The molecule has 0 aliphatic carbocycles. The van der Waals surface area contributed by atoms with E-state index >= 15 is 0 Å². The van der Waals surface area contributed by atoms with Crippen LogP contribution in [0.3, 0.4) is 0 Å². The number of aryl methyl sites for hydroxylation is 1. The van der Waals surface area contributed by atoms with Gasteiger partial charge in [-0.25, -0.2) is 0 Å². The van der Waals surface area contributed by atoms with Crippen LogP contribution in [0.4, 0.5) is 4.39 Å². The van der Waals surface area contributed by atoms with Gasteiger partial charge in [-0.05, 0) is 49.2 Å². The monoisotopic (exact) mass is 369 g/mol. The third-order valence-corrected chi connectivity index (χ3v) is 4.48. The van der Waals surface area contributed by atoms with Crippen LogP contribution in [0.1, 0.15) is 12.5 Å². The molecule has 0 radical (unpaired) electrons. The van der Waals surface area contributed by atoms with Crippen molar-refractivity contribution in [3.05, 3.63) is 72.1 Å². The third-order valence-electron chi connectivity index (χ3n) is 4.48. The first-order chi connectivity index (χ1) is 13.7. The van der Waals surface area contributed by atoms with E-state index in [4.69, 9.17) is 12.8 Å². The van der Waals surface area contributed by atoms with E-state index in [0.717, 1.165) is 12.8 Å². The molecule has 5 N–H and O–H groups in total. The molecule has 4 rings (SSSR count). The Kier molecular flexibility index (Phi) is 7.45. The van der Waals surface area contributed by atoms with Crippen LogP contribution in [0.25, 0.3) is 21.8 Å². The molecule has 5 heteroatoms. The molecule has 2 aromatic heterocycles. The highest BCUT2D eigenvalue weighted by molar-refractivity contribution is 5.84. The zero-order valence-electron chi connectivity index (χ0n) is 16.8. The largest absolute Gasteiger partial charge is 0.361 e. The number of aromatic nitrogens is 2. The van der Waals surface area contributed by atoms with E-state index in [9.17, 15) is 4.39 Å². The highest BCUT2D eigenvalue weighted by Gasteiger charge is 2.03. The molecule has 27 heavy (non-hydrogen) atoms. The average molecular weight is 370 g/mol. The van der Waals surface area contributed by atoms with Crippen LogP contribution in [0, 0.1) is 0 Å². The van der Waals surface area contributed by atoms with Gasteiger partial charge in [0.1, 0.15) is 0 Å². The smallest absolute Gasteiger partial charge is 0.0785 e. The van der Waals surface area contributed by atoms with Crippen LogP contribution < -0.4 is 11.5 Å². The molecule has 144 valence electrons. The van der Waals surface area contributed by atoms with E-state index in [2.05, 4.69) is 65.3 Å². The summed E-state index contributed by atoms with van der Waals surface area (Å²) in [4.78, 5) is 3.22. The minimum absolute atomic E-state index is 0.710. The van der Waals surface area contributed by atoms with Gasteiger partial charge in [-0.1, -0.05) is 36.4 Å². The second-order valence-corrected chi connectivity index (χ2v) is 6.22. The maximum atomic E-state index is 9.96. The summed E-state index contributed by atoms with van der Waals surface area (Å²) in [6, 6.07) is 16.7. The molecular formula is C22H29FN4. The molecule has 2 heterocycles. The molecule has 0 aliphatic heterocycles. The Morgan fingerprint density at radius 2 is 1.56 bits per heavy atom. The SMILES string of the molecule is Cn1cc(CCN)c2ccccc21.NCCc1c[nH]c2ccccc12.[2H]CF. The highest BCUT2D eigenvalue weighted by Crippen LogP contribution is 2.20. The van der Waals surface area contributed by atoms with Gasteiger partial charge in [-0.3, -0.25) is 4.39 Å². The van der Waals surface area contributed by atoms with Crippen molar-refractivity contribution in [1.82, 2.24) is 9.55 Å². The number of aromatic amines is 1. The molecule has 0 bridgehead atoms. The van der Waals surface area contributed by atoms with Gasteiger partial charge in [0, 0.05) is 41.2 Å². The van der Waals surface area contributed by atoms with E-state index in [0.29, 0.717) is 13.1 Å². The number of nitrogens with one attached hydrogen (secondary N) is 1. The lowest BCUT2D eigenvalue weighted by Gasteiger charge is -1.94. The number of hydrogen-bond donors (Lipinski definition) is 3. The summed E-state index contributed by atoms with van der Waals surface area (Å²) in [5.74, 6) is 0. The number of para-hydroxylation sites is 2. The Hall–Kier alpha value is -2.63. The molecule has 0 unspecified atom stereocenters. The second-order valence-electron chi connectivity index (χ2n) is 6.22. The van der Waals surface area contributed by atoms with Crippen LogP contribution >= 0.6 is 0 Å². The molecule has 2 aromatic carbocycles. The van der Waals surface area contributed by atoms with E-state index in [1.807, 2.05) is 12.3 Å². The number of halogens is 1. The first-order valence-electron chi connectivity index (χ1n) is 9.70. The van der Waals surface area contributed by atoms with Crippen LogP contribution in [-0.4, -0.2) is 29.8 Å². The van der Waals surface area contributed by atoms with Gasteiger partial charge in [0.05, 0.1) is 8.52 Å². The van der Waals surface area contributed by atoms with Crippen LogP contribution in [0.15, 0.2) is 60.9 Å². The van der Waals surface area contributed by atoms with Crippen LogP contribution in [0.2, 0.25) is 0 Å². The van der Waals surface area contributed by atoms with Gasteiger partial charge >= 0.3 is 0 Å². The fourth-order valence-electron chi connectivity index (χ4n) is 3.27. The fourth-order valence-corrected chi connectivity index (χ4v) is 3.27. The van der Waals surface area contributed by atoms with Crippen molar-refractivity contribution in [2.24, 2.45) is 18.5 Å². The number of nitrogens with zero attached hydrogens (tertiary/aromatic N) is 1. The quantitative estimate of drug-likeness (QED) is 0.510. The maximum absolute atomic E-state index is 9.96. The molecule has 0 atom stereocenters. The van der Waals surface area contributed by atoms with Crippen molar-refractivity contribution in [1.29, 1.82) is 0 Å². The number of alkyl halides is 1. The van der Waals surface area contributed by atoms with E-state index in [1.165, 1.54) is 32.9 Å². The molecule has 0 fully saturated rings. The molecule has 4 aromatic rings. The van der Waals surface area contributed by atoms with E-state index < -0.39 is 7.15 Å². The maximum Gasteiger partial charge on any atom is 0.0785 e. The number of nitrogens with two attached hydrogens (primary N) is 2. The highest BCUT2D eigenvalue weighted by atomic mass is 19.1. The fraction of sp³-hybridized carbons (Fsp3) is 0.273. The number of rotatable bonds is 4. The Balaban J connectivity index is 0.000000176. The van der Waals surface area contributed by atoms with Crippen molar-refractivity contribution in [2.75, 3.05) is 20.2 Å². The minimum atomic E-state index is -1.00. The standard InChI is InChI=1S/C11H14N2.C10H12N2.CH3F/c1-13-8-9(6-7-12)10-4-2-3-5-11(10)13;11-6-5-8-7-12-10-4-2-1-3-9(8)10;1-2/h2-5,8H,6-7,12H2,1H3;1-4,7,12H,5-6,11H2;1H3/i;;1D. The van der Waals surface area contributed by atoms with Crippen LogP contribution in [-0.2, 0) is 19.9 Å². The van der Waals surface area contributed by atoms with Crippen molar-refractivity contribution < 1.29 is 5.76 Å². The first kappa shape index (κ1) is 19.1. The lowest BCUT2D eigenvalue weighted by molar-refractivity contribution is 0.636. The van der Waals surface area contributed by atoms with Crippen molar-refractivity contribution in [2.45, 2.75) is 12.8 Å². The van der Waals surface area contributed by atoms with Crippen molar-refractivity contribution in [3.8, 4) is 0 Å². The lowest BCUT2D eigenvalue weighted by atomic mass is 10.1. The van der Waals surface area contributed by atoms with Gasteiger partial charge in [-0.2, -0.15) is 0 Å². The van der Waals surface area contributed by atoms with E-state index in [1.54, 1.807) is 0 Å². The topological polar surface area (TPSA) is 72.8 Å². The Morgan fingerprint density at radius 1 is 0.963 bits per heavy atom. The minimum Gasteiger partial charge on any atom is -0.361 e. The van der Waals surface area contributed by atoms with Crippen molar-refractivity contribution >= 4 is 21.8 Å². The predicted molar refractivity (Wildman–Crippen MR) is 114 cm³/mol. The van der Waals surface area contributed by atoms with Crippen molar-refractivity contribution in [3.63, 3.8) is 0 Å².